The third-order valence-electron chi connectivity index (χ3n) is 2.58. The summed E-state index contributed by atoms with van der Waals surface area (Å²) in [5.41, 5.74) is 0.490. The zero-order chi connectivity index (χ0) is 11.5. The van der Waals surface area contributed by atoms with Crippen molar-refractivity contribution >= 4 is 23.3 Å². The fraction of sp³-hybridized carbons (Fsp3) is 0.364. The summed E-state index contributed by atoms with van der Waals surface area (Å²) in [5, 5.41) is 8.64. The highest BCUT2D eigenvalue weighted by Gasteiger charge is 2.30. The van der Waals surface area contributed by atoms with Gasteiger partial charge in [0.2, 0.25) is 5.91 Å². The molecule has 2 heterocycles. The molecular formula is C11H10ClN3O. The summed E-state index contributed by atoms with van der Waals surface area (Å²) in [6.07, 6.45) is 1.95. The van der Waals surface area contributed by atoms with Gasteiger partial charge in [-0.2, -0.15) is 5.26 Å². The molecule has 1 aliphatic heterocycles. The topological polar surface area (TPSA) is 57.0 Å². The number of alkyl halides is 1. The molecule has 1 atom stereocenters. The summed E-state index contributed by atoms with van der Waals surface area (Å²) in [6, 6.07) is 5.33. The summed E-state index contributed by atoms with van der Waals surface area (Å²) < 4.78 is 0. The Labute approximate surface area is 98.5 Å². The minimum Gasteiger partial charge on any atom is -0.296 e. The van der Waals surface area contributed by atoms with E-state index >= 15 is 0 Å². The molecule has 4 nitrogen and oxygen atoms in total. The molecule has 0 bridgehead atoms. The first-order valence-corrected chi connectivity index (χ1v) is 5.50. The SMILES string of the molecule is N#Cc1ccc(N2CC(CCl)CC2=O)nc1. The van der Waals surface area contributed by atoms with Crippen LogP contribution in [0.3, 0.4) is 0 Å². The second-order valence-corrected chi connectivity index (χ2v) is 4.05. The fourth-order valence-corrected chi connectivity index (χ4v) is 1.92. The Bertz CT molecular complexity index is 438. The minimum absolute atomic E-state index is 0.0443. The maximum Gasteiger partial charge on any atom is 0.228 e. The van der Waals surface area contributed by atoms with E-state index in [4.69, 9.17) is 16.9 Å². The Kier molecular flexibility index (Phi) is 3.07. The Balaban J connectivity index is 2.19. The lowest BCUT2D eigenvalue weighted by Crippen LogP contribution is -2.25. The highest BCUT2D eigenvalue weighted by molar-refractivity contribution is 6.18. The van der Waals surface area contributed by atoms with Crippen molar-refractivity contribution in [1.82, 2.24) is 4.98 Å². The smallest absolute Gasteiger partial charge is 0.228 e. The van der Waals surface area contributed by atoms with Crippen molar-refractivity contribution in [3.63, 3.8) is 0 Å². The van der Waals surface area contributed by atoms with Crippen molar-refractivity contribution in [2.75, 3.05) is 17.3 Å². The molecule has 1 aromatic heterocycles. The standard InChI is InChI=1S/C11H10ClN3O/c12-4-9-3-11(16)15(7-9)10-2-1-8(5-13)6-14-10/h1-2,6,9H,3-4,7H2. The van der Waals surface area contributed by atoms with Gasteiger partial charge in [0, 0.05) is 25.0 Å². The number of pyridine rings is 1. The number of anilines is 1. The van der Waals surface area contributed by atoms with Crippen LogP contribution in [-0.2, 0) is 4.79 Å². The summed E-state index contributed by atoms with van der Waals surface area (Å²) in [7, 11) is 0. The van der Waals surface area contributed by atoms with Crippen LogP contribution in [0.2, 0.25) is 0 Å². The van der Waals surface area contributed by atoms with Crippen molar-refractivity contribution < 1.29 is 4.79 Å². The highest BCUT2D eigenvalue weighted by atomic mass is 35.5. The van der Waals surface area contributed by atoms with Crippen LogP contribution in [0.4, 0.5) is 5.82 Å². The maximum atomic E-state index is 11.7. The number of nitriles is 1. The number of nitrogens with zero attached hydrogens (tertiary/aromatic N) is 3. The molecule has 0 aliphatic carbocycles. The van der Waals surface area contributed by atoms with E-state index < -0.39 is 0 Å². The monoisotopic (exact) mass is 235 g/mol. The van der Waals surface area contributed by atoms with Crippen molar-refractivity contribution in [3.8, 4) is 6.07 Å². The van der Waals surface area contributed by atoms with Crippen LogP contribution in [0.1, 0.15) is 12.0 Å². The van der Waals surface area contributed by atoms with Crippen LogP contribution < -0.4 is 4.90 Å². The number of carbonyl (C=O) groups is 1. The molecule has 5 heteroatoms. The maximum absolute atomic E-state index is 11.7. The molecule has 0 aromatic carbocycles. The first-order valence-electron chi connectivity index (χ1n) is 4.97. The predicted molar refractivity (Wildman–Crippen MR) is 60.1 cm³/mol. The Morgan fingerprint density at radius 3 is 2.94 bits per heavy atom. The van der Waals surface area contributed by atoms with E-state index in [1.807, 2.05) is 6.07 Å². The molecule has 16 heavy (non-hydrogen) atoms. The molecule has 0 spiro atoms. The van der Waals surface area contributed by atoms with E-state index in [1.165, 1.54) is 6.20 Å². The number of carbonyl (C=O) groups excluding carboxylic acids is 1. The lowest BCUT2D eigenvalue weighted by molar-refractivity contribution is -0.117. The second kappa shape index (κ2) is 4.50. The summed E-state index contributed by atoms with van der Waals surface area (Å²) in [4.78, 5) is 17.4. The molecule has 0 saturated carbocycles. The van der Waals surface area contributed by atoms with Gasteiger partial charge in [-0.15, -0.1) is 11.6 Å². The predicted octanol–water partition coefficient (Wildman–Crippen LogP) is 1.54. The van der Waals surface area contributed by atoms with Gasteiger partial charge < -0.3 is 0 Å². The first-order chi connectivity index (χ1) is 7.74. The number of hydrogen-bond acceptors (Lipinski definition) is 3. The van der Waals surface area contributed by atoms with Crippen LogP contribution in [0.15, 0.2) is 18.3 Å². The summed E-state index contributed by atoms with van der Waals surface area (Å²) in [6.45, 7) is 0.612. The average molecular weight is 236 g/mol. The van der Waals surface area contributed by atoms with Gasteiger partial charge in [0.25, 0.3) is 0 Å². The van der Waals surface area contributed by atoms with Crippen molar-refractivity contribution in [2.45, 2.75) is 6.42 Å². The average Bonchev–Trinajstić information content (AvgIpc) is 2.71. The van der Waals surface area contributed by atoms with E-state index in [2.05, 4.69) is 4.98 Å². The molecular weight excluding hydrogens is 226 g/mol. The van der Waals surface area contributed by atoms with Gasteiger partial charge in [-0.25, -0.2) is 4.98 Å². The van der Waals surface area contributed by atoms with Crippen LogP contribution in [0.5, 0.6) is 0 Å². The number of hydrogen-bond donors (Lipinski definition) is 0. The molecule has 1 fully saturated rings. The molecule has 1 unspecified atom stereocenters. The van der Waals surface area contributed by atoms with E-state index in [1.54, 1.807) is 17.0 Å². The van der Waals surface area contributed by atoms with Gasteiger partial charge in [0.05, 0.1) is 5.56 Å². The van der Waals surface area contributed by atoms with E-state index in [-0.39, 0.29) is 11.8 Å². The number of aromatic nitrogens is 1. The van der Waals surface area contributed by atoms with E-state index in [0.29, 0.717) is 30.2 Å². The van der Waals surface area contributed by atoms with Crippen LogP contribution in [0, 0.1) is 17.2 Å². The lowest BCUT2D eigenvalue weighted by Gasteiger charge is -2.14. The zero-order valence-electron chi connectivity index (χ0n) is 8.56. The van der Waals surface area contributed by atoms with Gasteiger partial charge >= 0.3 is 0 Å². The van der Waals surface area contributed by atoms with Crippen molar-refractivity contribution in [2.24, 2.45) is 5.92 Å². The number of halogens is 1. The van der Waals surface area contributed by atoms with Crippen molar-refractivity contribution in [3.05, 3.63) is 23.9 Å². The molecule has 2 rings (SSSR count). The molecule has 1 saturated heterocycles. The highest BCUT2D eigenvalue weighted by Crippen LogP contribution is 2.24. The van der Waals surface area contributed by atoms with Crippen LogP contribution in [-0.4, -0.2) is 23.3 Å². The fourth-order valence-electron chi connectivity index (χ4n) is 1.72. The van der Waals surface area contributed by atoms with Crippen LogP contribution >= 0.6 is 11.6 Å². The zero-order valence-corrected chi connectivity index (χ0v) is 9.31. The normalized spacial score (nSPS) is 19.9. The first kappa shape index (κ1) is 10.9. The Hall–Kier alpha value is -1.60. The Morgan fingerprint density at radius 1 is 1.62 bits per heavy atom. The summed E-state index contributed by atoms with van der Waals surface area (Å²) >= 11 is 5.73. The summed E-state index contributed by atoms with van der Waals surface area (Å²) in [5.74, 6) is 1.32. The van der Waals surface area contributed by atoms with E-state index in [9.17, 15) is 4.79 Å². The molecule has 0 radical (unpaired) electrons. The number of amides is 1. The van der Waals surface area contributed by atoms with Crippen molar-refractivity contribution in [1.29, 1.82) is 5.26 Å². The van der Waals surface area contributed by atoms with Crippen LogP contribution in [0.25, 0.3) is 0 Å². The third kappa shape index (κ3) is 2.00. The molecule has 1 aliphatic rings. The second-order valence-electron chi connectivity index (χ2n) is 3.75. The van der Waals surface area contributed by atoms with Gasteiger partial charge in [-0.1, -0.05) is 0 Å². The number of rotatable bonds is 2. The van der Waals surface area contributed by atoms with Gasteiger partial charge in [0.15, 0.2) is 0 Å². The lowest BCUT2D eigenvalue weighted by atomic mass is 10.1. The largest absolute Gasteiger partial charge is 0.296 e. The van der Waals surface area contributed by atoms with Gasteiger partial charge in [-0.3, -0.25) is 9.69 Å². The molecule has 1 amide bonds. The molecule has 0 N–H and O–H groups in total. The molecule has 82 valence electrons. The van der Waals surface area contributed by atoms with Gasteiger partial charge in [0.1, 0.15) is 11.9 Å². The third-order valence-corrected chi connectivity index (χ3v) is 3.01. The quantitative estimate of drug-likeness (QED) is 0.731. The Morgan fingerprint density at radius 2 is 2.44 bits per heavy atom. The minimum atomic E-state index is 0.0443. The van der Waals surface area contributed by atoms with Gasteiger partial charge in [-0.05, 0) is 18.1 Å². The molecule has 1 aromatic rings. The van der Waals surface area contributed by atoms with E-state index in [0.717, 1.165) is 0 Å².